The van der Waals surface area contributed by atoms with E-state index >= 15 is 0 Å². The number of anilines is 2. The Morgan fingerprint density at radius 2 is 1.81 bits per heavy atom. The van der Waals surface area contributed by atoms with Gasteiger partial charge in [-0.15, -0.1) is 0 Å². The van der Waals surface area contributed by atoms with Gasteiger partial charge in [0.15, 0.2) is 0 Å². The van der Waals surface area contributed by atoms with Crippen molar-refractivity contribution in [2.24, 2.45) is 0 Å². The standard InChI is InChI=1S/C13H11ClN4O3/c14-9-3-1-4-10(7-9)15-13(19)17-16-11-5-2-6-12(8-11)18(20)21/h1-8,16H,(H2,15,17,19). The van der Waals surface area contributed by atoms with Gasteiger partial charge in [-0.1, -0.05) is 23.7 Å². The third-order valence-corrected chi connectivity index (χ3v) is 2.69. The van der Waals surface area contributed by atoms with E-state index in [2.05, 4.69) is 16.2 Å². The van der Waals surface area contributed by atoms with Gasteiger partial charge in [0, 0.05) is 22.8 Å². The summed E-state index contributed by atoms with van der Waals surface area (Å²) in [5, 5.41) is 13.7. The van der Waals surface area contributed by atoms with Crippen molar-refractivity contribution in [1.29, 1.82) is 0 Å². The van der Waals surface area contributed by atoms with Crippen molar-refractivity contribution < 1.29 is 9.72 Å². The maximum atomic E-state index is 11.7. The Morgan fingerprint density at radius 3 is 2.52 bits per heavy atom. The first kappa shape index (κ1) is 14.6. The number of hydrazine groups is 1. The summed E-state index contributed by atoms with van der Waals surface area (Å²) in [4.78, 5) is 21.8. The Balaban J connectivity index is 1.92. The SMILES string of the molecule is O=C(NNc1cccc([N+](=O)[O-])c1)Nc1cccc(Cl)c1. The predicted molar refractivity (Wildman–Crippen MR) is 80.3 cm³/mol. The van der Waals surface area contributed by atoms with E-state index in [0.717, 1.165) is 0 Å². The van der Waals surface area contributed by atoms with E-state index in [0.29, 0.717) is 16.4 Å². The molecule has 0 radical (unpaired) electrons. The maximum Gasteiger partial charge on any atom is 0.337 e. The second kappa shape index (κ2) is 6.58. The van der Waals surface area contributed by atoms with Crippen LogP contribution < -0.4 is 16.2 Å². The first-order valence-electron chi connectivity index (χ1n) is 5.87. The van der Waals surface area contributed by atoms with Gasteiger partial charge in [-0.3, -0.25) is 21.0 Å². The van der Waals surface area contributed by atoms with E-state index in [4.69, 9.17) is 11.6 Å². The Morgan fingerprint density at radius 1 is 1.10 bits per heavy atom. The number of amides is 2. The van der Waals surface area contributed by atoms with Crippen LogP contribution in [-0.4, -0.2) is 11.0 Å². The summed E-state index contributed by atoms with van der Waals surface area (Å²) in [7, 11) is 0. The van der Waals surface area contributed by atoms with Gasteiger partial charge in [-0.2, -0.15) is 0 Å². The minimum absolute atomic E-state index is 0.0722. The molecule has 7 nitrogen and oxygen atoms in total. The number of carbonyl (C=O) groups excluding carboxylic acids is 1. The zero-order valence-electron chi connectivity index (χ0n) is 10.7. The molecule has 2 amide bonds. The van der Waals surface area contributed by atoms with Gasteiger partial charge in [-0.25, -0.2) is 4.79 Å². The molecule has 0 heterocycles. The highest BCUT2D eigenvalue weighted by atomic mass is 35.5. The molecule has 21 heavy (non-hydrogen) atoms. The number of urea groups is 1. The highest BCUT2D eigenvalue weighted by molar-refractivity contribution is 6.30. The summed E-state index contributed by atoms with van der Waals surface area (Å²) >= 11 is 5.80. The summed E-state index contributed by atoms with van der Waals surface area (Å²) in [6.45, 7) is 0. The maximum absolute atomic E-state index is 11.7. The lowest BCUT2D eigenvalue weighted by atomic mass is 10.3. The molecule has 0 aliphatic carbocycles. The number of nitro benzene ring substituents is 1. The molecule has 2 aromatic carbocycles. The topological polar surface area (TPSA) is 96.3 Å². The normalized spacial score (nSPS) is 9.76. The second-order valence-electron chi connectivity index (χ2n) is 4.02. The summed E-state index contributed by atoms with van der Waals surface area (Å²) < 4.78 is 0. The van der Waals surface area contributed by atoms with Crippen LogP contribution >= 0.6 is 11.6 Å². The zero-order valence-corrected chi connectivity index (χ0v) is 11.4. The van der Waals surface area contributed by atoms with E-state index in [1.54, 1.807) is 30.3 Å². The predicted octanol–water partition coefficient (Wildman–Crippen LogP) is 3.40. The number of halogens is 1. The van der Waals surface area contributed by atoms with Crippen molar-refractivity contribution in [3.05, 3.63) is 63.7 Å². The fraction of sp³-hybridized carbons (Fsp3) is 0. The minimum atomic E-state index is -0.524. The van der Waals surface area contributed by atoms with Gasteiger partial charge in [0.1, 0.15) is 0 Å². The van der Waals surface area contributed by atoms with Crippen LogP contribution in [0.15, 0.2) is 48.5 Å². The molecule has 0 spiro atoms. The molecule has 0 aliphatic rings. The van der Waals surface area contributed by atoms with E-state index in [1.807, 2.05) is 0 Å². The lowest BCUT2D eigenvalue weighted by Gasteiger charge is -2.10. The van der Waals surface area contributed by atoms with Crippen LogP contribution in [0.25, 0.3) is 0 Å². The Bertz CT molecular complexity index is 678. The van der Waals surface area contributed by atoms with Crippen LogP contribution in [0.4, 0.5) is 21.9 Å². The Kier molecular flexibility index (Phi) is 4.57. The number of nitrogens with one attached hydrogen (secondary N) is 3. The van der Waals surface area contributed by atoms with Crippen molar-refractivity contribution in [3.8, 4) is 0 Å². The van der Waals surface area contributed by atoms with Gasteiger partial charge in [0.2, 0.25) is 0 Å². The molecule has 108 valence electrons. The first-order chi connectivity index (χ1) is 10.0. The number of carbonyl (C=O) groups is 1. The average Bonchev–Trinajstić information content (AvgIpc) is 2.45. The van der Waals surface area contributed by atoms with Gasteiger partial charge < -0.3 is 5.32 Å². The number of hydrogen-bond donors (Lipinski definition) is 3. The third-order valence-electron chi connectivity index (χ3n) is 2.46. The van der Waals surface area contributed by atoms with Crippen molar-refractivity contribution in [1.82, 2.24) is 5.43 Å². The first-order valence-corrected chi connectivity index (χ1v) is 6.25. The van der Waals surface area contributed by atoms with Crippen molar-refractivity contribution in [3.63, 3.8) is 0 Å². The molecular weight excluding hydrogens is 296 g/mol. The highest BCUT2D eigenvalue weighted by Crippen LogP contribution is 2.16. The zero-order chi connectivity index (χ0) is 15.2. The molecule has 0 aromatic heterocycles. The molecule has 3 N–H and O–H groups in total. The smallest absolute Gasteiger partial charge is 0.307 e. The van der Waals surface area contributed by atoms with Crippen LogP contribution in [-0.2, 0) is 0 Å². The number of nitro groups is 1. The van der Waals surface area contributed by atoms with Gasteiger partial charge in [0.05, 0.1) is 10.6 Å². The summed E-state index contributed by atoms with van der Waals surface area (Å²) in [5.41, 5.74) is 5.79. The molecule has 0 saturated carbocycles. The highest BCUT2D eigenvalue weighted by Gasteiger charge is 2.06. The monoisotopic (exact) mass is 306 g/mol. The van der Waals surface area contributed by atoms with Crippen LogP contribution in [0.5, 0.6) is 0 Å². The quantitative estimate of drug-likeness (QED) is 0.596. The number of non-ortho nitro benzene ring substituents is 1. The number of nitrogens with zero attached hydrogens (tertiary/aromatic N) is 1. The van der Waals surface area contributed by atoms with Crippen LogP contribution in [0.1, 0.15) is 0 Å². The van der Waals surface area contributed by atoms with E-state index in [-0.39, 0.29) is 5.69 Å². The Labute approximate surface area is 125 Å². The van der Waals surface area contributed by atoms with Gasteiger partial charge >= 0.3 is 6.03 Å². The second-order valence-corrected chi connectivity index (χ2v) is 4.46. The summed E-state index contributed by atoms with van der Waals surface area (Å²) in [6, 6.07) is 11.9. The fourth-order valence-electron chi connectivity index (χ4n) is 1.55. The molecule has 0 aliphatic heterocycles. The number of hydrogen-bond acceptors (Lipinski definition) is 4. The van der Waals surface area contributed by atoms with Gasteiger partial charge in [-0.05, 0) is 24.3 Å². The van der Waals surface area contributed by atoms with E-state index in [1.165, 1.54) is 18.2 Å². The van der Waals surface area contributed by atoms with Crippen LogP contribution in [0.2, 0.25) is 5.02 Å². The molecule has 0 saturated heterocycles. The fourth-order valence-corrected chi connectivity index (χ4v) is 1.75. The molecule has 0 fully saturated rings. The molecule has 0 atom stereocenters. The van der Waals surface area contributed by atoms with Crippen LogP contribution in [0, 0.1) is 10.1 Å². The molecule has 0 bridgehead atoms. The van der Waals surface area contributed by atoms with E-state index < -0.39 is 11.0 Å². The van der Waals surface area contributed by atoms with Crippen molar-refractivity contribution >= 4 is 34.7 Å². The minimum Gasteiger partial charge on any atom is -0.307 e. The average molecular weight is 307 g/mol. The Hall–Kier alpha value is -2.80. The number of benzene rings is 2. The van der Waals surface area contributed by atoms with Crippen molar-refractivity contribution in [2.75, 3.05) is 10.7 Å². The largest absolute Gasteiger partial charge is 0.337 e. The molecular formula is C13H11ClN4O3. The molecule has 2 rings (SSSR count). The van der Waals surface area contributed by atoms with Crippen molar-refractivity contribution in [2.45, 2.75) is 0 Å². The number of rotatable bonds is 4. The summed E-state index contributed by atoms with van der Waals surface area (Å²) in [5.74, 6) is 0. The third kappa shape index (κ3) is 4.36. The van der Waals surface area contributed by atoms with E-state index in [9.17, 15) is 14.9 Å². The lowest BCUT2D eigenvalue weighted by Crippen LogP contribution is -2.33. The molecule has 8 heteroatoms. The van der Waals surface area contributed by atoms with Crippen LogP contribution in [0.3, 0.4) is 0 Å². The summed E-state index contributed by atoms with van der Waals surface area (Å²) in [6.07, 6.45) is 0. The lowest BCUT2D eigenvalue weighted by molar-refractivity contribution is -0.384. The van der Waals surface area contributed by atoms with Gasteiger partial charge in [0.25, 0.3) is 5.69 Å². The molecule has 0 unspecified atom stereocenters. The molecule has 2 aromatic rings.